The molecule has 0 spiro atoms. The van der Waals surface area contributed by atoms with Crippen molar-refractivity contribution in [1.82, 2.24) is 15.0 Å². The summed E-state index contributed by atoms with van der Waals surface area (Å²) in [6.45, 7) is 7.61. The molecule has 1 fully saturated rings. The summed E-state index contributed by atoms with van der Waals surface area (Å²) in [7, 11) is 0. The van der Waals surface area contributed by atoms with E-state index >= 15 is 0 Å². The maximum absolute atomic E-state index is 12.7. The molecule has 1 saturated heterocycles. The number of likely N-dealkylation sites (tertiary alicyclic amines) is 1. The number of hydrogen-bond acceptors (Lipinski definition) is 5. The van der Waals surface area contributed by atoms with Crippen LogP contribution in [0.4, 0.5) is 0 Å². The van der Waals surface area contributed by atoms with Crippen molar-refractivity contribution in [3.05, 3.63) is 41.0 Å². The highest BCUT2D eigenvalue weighted by atomic mass is 16.5. The standard InChI is InChI=1S/C18H23N3O3/c1-12-9-16(6-7-19-12)23-11-15-5-4-8-21(10-15)18(22)17-13(2)20-24-14(17)3/h6-7,9,15H,4-5,8,10-11H2,1-3H3. The zero-order valence-corrected chi connectivity index (χ0v) is 14.4. The molecule has 6 nitrogen and oxygen atoms in total. The molecule has 1 unspecified atom stereocenters. The fraction of sp³-hybridized carbons (Fsp3) is 0.500. The number of pyridine rings is 1. The van der Waals surface area contributed by atoms with E-state index in [2.05, 4.69) is 10.1 Å². The quantitative estimate of drug-likeness (QED) is 0.862. The Hall–Kier alpha value is -2.37. The highest BCUT2D eigenvalue weighted by Crippen LogP contribution is 2.22. The molecule has 0 saturated carbocycles. The third kappa shape index (κ3) is 3.58. The zero-order chi connectivity index (χ0) is 17.1. The first-order valence-electron chi connectivity index (χ1n) is 8.32. The highest BCUT2D eigenvalue weighted by Gasteiger charge is 2.28. The first-order valence-corrected chi connectivity index (χ1v) is 8.32. The van der Waals surface area contributed by atoms with Crippen molar-refractivity contribution in [1.29, 1.82) is 0 Å². The van der Waals surface area contributed by atoms with Crippen LogP contribution in [-0.2, 0) is 0 Å². The summed E-state index contributed by atoms with van der Waals surface area (Å²) in [5, 5.41) is 3.88. The molecule has 3 rings (SSSR count). The molecule has 1 aliphatic heterocycles. The lowest BCUT2D eigenvalue weighted by atomic mass is 9.98. The summed E-state index contributed by atoms with van der Waals surface area (Å²) in [4.78, 5) is 18.8. The van der Waals surface area contributed by atoms with Crippen LogP contribution in [0, 0.1) is 26.7 Å². The lowest BCUT2D eigenvalue weighted by molar-refractivity contribution is 0.0631. The van der Waals surface area contributed by atoms with Gasteiger partial charge in [-0.25, -0.2) is 0 Å². The monoisotopic (exact) mass is 329 g/mol. The minimum atomic E-state index is 0.00991. The van der Waals surface area contributed by atoms with Crippen molar-refractivity contribution in [2.75, 3.05) is 19.7 Å². The first-order chi connectivity index (χ1) is 11.5. The van der Waals surface area contributed by atoms with Gasteiger partial charge in [0.05, 0.1) is 12.3 Å². The molecule has 128 valence electrons. The number of carbonyl (C=O) groups excluding carboxylic acids is 1. The smallest absolute Gasteiger partial charge is 0.259 e. The molecular formula is C18H23N3O3. The van der Waals surface area contributed by atoms with E-state index in [-0.39, 0.29) is 5.91 Å². The number of amides is 1. The molecule has 0 aromatic carbocycles. The van der Waals surface area contributed by atoms with Gasteiger partial charge in [0.1, 0.15) is 17.1 Å². The Morgan fingerprint density at radius 2 is 2.25 bits per heavy atom. The van der Waals surface area contributed by atoms with E-state index in [1.807, 2.05) is 24.0 Å². The van der Waals surface area contributed by atoms with Gasteiger partial charge in [-0.2, -0.15) is 0 Å². The number of piperidine rings is 1. The Morgan fingerprint density at radius 1 is 1.42 bits per heavy atom. The number of hydrogen-bond donors (Lipinski definition) is 0. The summed E-state index contributed by atoms with van der Waals surface area (Å²) in [5.41, 5.74) is 2.19. The van der Waals surface area contributed by atoms with Gasteiger partial charge in [0.25, 0.3) is 5.91 Å². The second-order valence-corrected chi connectivity index (χ2v) is 6.40. The lowest BCUT2D eigenvalue weighted by Gasteiger charge is -2.32. The van der Waals surface area contributed by atoms with Crippen LogP contribution in [0.5, 0.6) is 5.75 Å². The molecule has 1 amide bonds. The van der Waals surface area contributed by atoms with Crippen molar-refractivity contribution in [3.8, 4) is 5.75 Å². The normalized spacial score (nSPS) is 17.8. The van der Waals surface area contributed by atoms with Gasteiger partial charge in [0, 0.05) is 37.0 Å². The Kier molecular flexibility index (Phi) is 4.83. The SMILES string of the molecule is Cc1cc(OCC2CCCN(C(=O)c3c(C)noc3C)C2)ccn1. The van der Waals surface area contributed by atoms with Crippen LogP contribution >= 0.6 is 0 Å². The van der Waals surface area contributed by atoms with E-state index in [0.29, 0.717) is 36.1 Å². The molecule has 2 aromatic rings. The fourth-order valence-corrected chi connectivity index (χ4v) is 3.16. The predicted molar refractivity (Wildman–Crippen MR) is 89.1 cm³/mol. The van der Waals surface area contributed by atoms with Crippen molar-refractivity contribution in [3.63, 3.8) is 0 Å². The molecule has 0 bridgehead atoms. The largest absolute Gasteiger partial charge is 0.493 e. The first kappa shape index (κ1) is 16.5. The second-order valence-electron chi connectivity index (χ2n) is 6.40. The van der Waals surface area contributed by atoms with Crippen molar-refractivity contribution in [2.24, 2.45) is 5.92 Å². The van der Waals surface area contributed by atoms with Crippen LogP contribution in [0.1, 0.15) is 40.3 Å². The van der Waals surface area contributed by atoms with E-state index in [1.165, 1.54) is 0 Å². The van der Waals surface area contributed by atoms with Crippen LogP contribution in [0.15, 0.2) is 22.9 Å². The molecular weight excluding hydrogens is 306 g/mol. The second kappa shape index (κ2) is 7.03. The maximum Gasteiger partial charge on any atom is 0.259 e. The summed E-state index contributed by atoms with van der Waals surface area (Å²) < 4.78 is 11.0. The Morgan fingerprint density at radius 3 is 2.96 bits per heavy atom. The zero-order valence-electron chi connectivity index (χ0n) is 14.4. The molecule has 6 heteroatoms. The predicted octanol–water partition coefficient (Wildman–Crippen LogP) is 2.93. The number of rotatable bonds is 4. The third-order valence-electron chi connectivity index (χ3n) is 4.41. The van der Waals surface area contributed by atoms with E-state index in [9.17, 15) is 4.79 Å². The molecule has 0 N–H and O–H groups in total. The van der Waals surface area contributed by atoms with Gasteiger partial charge in [-0.15, -0.1) is 0 Å². The number of nitrogens with zero attached hydrogens (tertiary/aromatic N) is 3. The maximum atomic E-state index is 12.7. The lowest BCUT2D eigenvalue weighted by Crippen LogP contribution is -2.41. The number of ether oxygens (including phenoxy) is 1. The summed E-state index contributed by atoms with van der Waals surface area (Å²) in [5.74, 6) is 1.76. The molecule has 24 heavy (non-hydrogen) atoms. The van der Waals surface area contributed by atoms with Gasteiger partial charge in [0.15, 0.2) is 0 Å². The van der Waals surface area contributed by atoms with E-state index < -0.39 is 0 Å². The van der Waals surface area contributed by atoms with Crippen molar-refractivity contribution >= 4 is 5.91 Å². The molecule has 0 aliphatic carbocycles. The molecule has 1 aliphatic rings. The molecule has 0 radical (unpaired) electrons. The highest BCUT2D eigenvalue weighted by molar-refractivity contribution is 5.96. The van der Waals surface area contributed by atoms with Crippen LogP contribution < -0.4 is 4.74 Å². The van der Waals surface area contributed by atoms with Gasteiger partial charge >= 0.3 is 0 Å². The fourth-order valence-electron chi connectivity index (χ4n) is 3.16. The summed E-state index contributed by atoms with van der Waals surface area (Å²) >= 11 is 0. The number of aryl methyl sites for hydroxylation is 3. The van der Waals surface area contributed by atoms with Crippen molar-refractivity contribution < 1.29 is 14.1 Å². The Labute approximate surface area is 141 Å². The Bertz CT molecular complexity index is 707. The summed E-state index contributed by atoms with van der Waals surface area (Å²) in [6, 6.07) is 3.79. The molecule has 2 aromatic heterocycles. The molecule has 1 atom stereocenters. The van der Waals surface area contributed by atoms with Gasteiger partial charge in [-0.1, -0.05) is 5.16 Å². The average molecular weight is 329 g/mol. The van der Waals surface area contributed by atoms with Crippen LogP contribution in [0.3, 0.4) is 0 Å². The minimum Gasteiger partial charge on any atom is -0.493 e. The average Bonchev–Trinajstić information content (AvgIpc) is 2.91. The van der Waals surface area contributed by atoms with Gasteiger partial charge in [-0.3, -0.25) is 9.78 Å². The number of aromatic nitrogens is 2. The van der Waals surface area contributed by atoms with Crippen molar-refractivity contribution in [2.45, 2.75) is 33.6 Å². The van der Waals surface area contributed by atoms with E-state index in [1.54, 1.807) is 20.0 Å². The third-order valence-corrected chi connectivity index (χ3v) is 4.41. The van der Waals surface area contributed by atoms with Crippen LogP contribution in [0.25, 0.3) is 0 Å². The van der Waals surface area contributed by atoms with E-state index in [4.69, 9.17) is 9.26 Å². The van der Waals surface area contributed by atoms with Gasteiger partial charge < -0.3 is 14.2 Å². The molecule has 3 heterocycles. The van der Waals surface area contributed by atoms with Gasteiger partial charge in [-0.05, 0) is 39.7 Å². The summed E-state index contributed by atoms with van der Waals surface area (Å²) in [6.07, 6.45) is 3.80. The van der Waals surface area contributed by atoms with Crippen LogP contribution in [0.2, 0.25) is 0 Å². The minimum absolute atomic E-state index is 0.00991. The van der Waals surface area contributed by atoms with Gasteiger partial charge in [0.2, 0.25) is 0 Å². The topological polar surface area (TPSA) is 68.5 Å². The van der Waals surface area contributed by atoms with Crippen LogP contribution in [-0.4, -0.2) is 40.6 Å². The Balaban J connectivity index is 1.61. The van der Waals surface area contributed by atoms with E-state index in [0.717, 1.165) is 30.8 Å². The number of carbonyl (C=O) groups is 1.